The van der Waals surface area contributed by atoms with E-state index in [0.717, 1.165) is 28.2 Å². The Morgan fingerprint density at radius 1 is 1.16 bits per heavy atom. The van der Waals surface area contributed by atoms with Gasteiger partial charge >= 0.3 is 6.61 Å². The zero-order valence-electron chi connectivity index (χ0n) is 16.6. The van der Waals surface area contributed by atoms with Crippen LogP contribution in [0.1, 0.15) is 27.4 Å². The van der Waals surface area contributed by atoms with E-state index >= 15 is 0 Å². The van der Waals surface area contributed by atoms with Crippen LogP contribution in [0.3, 0.4) is 0 Å². The third kappa shape index (κ3) is 4.83. The van der Waals surface area contributed by atoms with E-state index in [1.165, 1.54) is 12.1 Å². The van der Waals surface area contributed by atoms with Gasteiger partial charge in [-0.2, -0.15) is 8.78 Å². The Hall–Kier alpha value is -3.46. The molecule has 0 fully saturated rings. The van der Waals surface area contributed by atoms with Crippen molar-refractivity contribution in [3.63, 3.8) is 0 Å². The molecule has 2 aromatic carbocycles. The van der Waals surface area contributed by atoms with Gasteiger partial charge in [-0.15, -0.1) is 0 Å². The summed E-state index contributed by atoms with van der Waals surface area (Å²) in [7, 11) is 0. The fourth-order valence-electron chi connectivity index (χ4n) is 3.04. The second kappa shape index (κ2) is 8.73. The Kier molecular flexibility index (Phi) is 5.85. The molecule has 4 aromatic rings. The number of benzene rings is 2. The highest BCUT2D eigenvalue weighted by Crippen LogP contribution is 2.30. The molecule has 0 spiro atoms. The van der Waals surface area contributed by atoms with Crippen molar-refractivity contribution < 1.29 is 27.5 Å². The van der Waals surface area contributed by atoms with Crippen LogP contribution in [0.5, 0.6) is 11.5 Å². The average Bonchev–Trinajstić information content (AvgIpc) is 3.33. The number of para-hydroxylation sites is 1. The van der Waals surface area contributed by atoms with E-state index in [1.807, 2.05) is 32.0 Å². The Morgan fingerprint density at radius 2 is 1.94 bits per heavy atom. The van der Waals surface area contributed by atoms with E-state index < -0.39 is 12.5 Å². The molecule has 31 heavy (non-hydrogen) atoms. The topological polar surface area (TPSA) is 73.6 Å². The van der Waals surface area contributed by atoms with Gasteiger partial charge < -0.3 is 13.9 Å². The largest absolute Gasteiger partial charge is 0.485 e. The summed E-state index contributed by atoms with van der Waals surface area (Å²) >= 11 is 1.14. The maximum atomic E-state index is 12.5. The summed E-state index contributed by atoms with van der Waals surface area (Å²) in [4.78, 5) is 16.8. The minimum absolute atomic E-state index is 0.0311. The van der Waals surface area contributed by atoms with Gasteiger partial charge in [0.05, 0.1) is 10.2 Å². The van der Waals surface area contributed by atoms with E-state index in [2.05, 4.69) is 15.0 Å². The van der Waals surface area contributed by atoms with Crippen LogP contribution in [0, 0.1) is 13.8 Å². The number of carbonyl (C=O) groups excluding carboxylic acids is 1. The molecule has 0 bridgehead atoms. The smallest absolute Gasteiger partial charge is 0.387 e. The molecule has 0 saturated carbocycles. The van der Waals surface area contributed by atoms with Gasteiger partial charge in [0.2, 0.25) is 0 Å². The minimum atomic E-state index is -2.91. The van der Waals surface area contributed by atoms with Crippen molar-refractivity contribution in [1.82, 2.24) is 4.98 Å². The summed E-state index contributed by atoms with van der Waals surface area (Å²) in [6, 6.07) is 13.5. The molecule has 2 heterocycles. The molecule has 9 heteroatoms. The van der Waals surface area contributed by atoms with E-state index in [4.69, 9.17) is 9.15 Å². The molecule has 1 N–H and O–H groups in total. The molecule has 0 aliphatic carbocycles. The van der Waals surface area contributed by atoms with Gasteiger partial charge in [0.15, 0.2) is 10.9 Å². The van der Waals surface area contributed by atoms with Crippen molar-refractivity contribution in [3.8, 4) is 11.5 Å². The molecule has 0 atom stereocenters. The zero-order valence-corrected chi connectivity index (χ0v) is 17.5. The van der Waals surface area contributed by atoms with Gasteiger partial charge in [-0.1, -0.05) is 29.5 Å². The highest BCUT2D eigenvalue weighted by atomic mass is 32.1. The average molecular weight is 444 g/mol. The van der Waals surface area contributed by atoms with E-state index in [-0.39, 0.29) is 18.1 Å². The third-order valence-electron chi connectivity index (χ3n) is 4.46. The summed E-state index contributed by atoms with van der Waals surface area (Å²) in [5, 5.41) is 2.98. The first kappa shape index (κ1) is 20.8. The highest BCUT2D eigenvalue weighted by Gasteiger charge is 2.15. The van der Waals surface area contributed by atoms with Gasteiger partial charge in [0, 0.05) is 0 Å². The van der Waals surface area contributed by atoms with E-state index in [0.29, 0.717) is 21.1 Å². The first-order chi connectivity index (χ1) is 14.9. The molecule has 0 saturated heterocycles. The number of amides is 1. The zero-order chi connectivity index (χ0) is 22.0. The molecule has 4 rings (SSSR count). The number of anilines is 1. The van der Waals surface area contributed by atoms with Gasteiger partial charge in [-0.25, -0.2) is 4.98 Å². The van der Waals surface area contributed by atoms with Crippen LogP contribution in [-0.2, 0) is 6.61 Å². The Labute approximate surface area is 180 Å². The molecule has 160 valence electrons. The number of nitrogens with zero attached hydrogens (tertiary/aromatic N) is 1. The molecule has 6 nitrogen and oxygen atoms in total. The second-order valence-electron chi connectivity index (χ2n) is 6.76. The Morgan fingerprint density at radius 3 is 2.68 bits per heavy atom. The SMILES string of the molecule is Cc1cccc(C)c1OCc1ccc(C(=O)Nc2nc3ccc(OC(F)F)cc3s2)o1. The van der Waals surface area contributed by atoms with Gasteiger partial charge in [-0.05, 0) is 55.3 Å². The van der Waals surface area contributed by atoms with Gasteiger partial charge in [0.1, 0.15) is 23.9 Å². The molecule has 0 aliphatic heterocycles. The van der Waals surface area contributed by atoms with Crippen LogP contribution in [0.2, 0.25) is 0 Å². The first-order valence-electron chi connectivity index (χ1n) is 9.33. The standard InChI is InChI=1S/C22H18F2N2O4S/c1-12-4-3-5-13(2)19(12)28-11-15-7-9-17(29-15)20(27)26-22-25-16-8-6-14(30-21(23)24)10-18(16)31-22/h3-10,21H,11H2,1-2H3,(H,25,26,27). The second-order valence-corrected chi connectivity index (χ2v) is 7.79. The van der Waals surface area contributed by atoms with E-state index in [1.54, 1.807) is 18.2 Å². The molecule has 1 amide bonds. The number of aryl methyl sites for hydroxylation is 2. The number of rotatable bonds is 7. The highest BCUT2D eigenvalue weighted by molar-refractivity contribution is 7.22. The summed E-state index contributed by atoms with van der Waals surface area (Å²) in [5.41, 5.74) is 2.59. The van der Waals surface area contributed by atoms with Crippen molar-refractivity contribution in [2.24, 2.45) is 0 Å². The lowest BCUT2D eigenvalue weighted by Gasteiger charge is -2.10. The minimum Gasteiger partial charge on any atom is -0.485 e. The monoisotopic (exact) mass is 444 g/mol. The summed E-state index contributed by atoms with van der Waals surface area (Å²) in [6.07, 6.45) is 0. The number of thiazole rings is 1. The van der Waals surface area contributed by atoms with Crippen LogP contribution in [-0.4, -0.2) is 17.5 Å². The predicted octanol–water partition coefficient (Wildman–Crippen LogP) is 5.94. The van der Waals surface area contributed by atoms with Crippen LogP contribution < -0.4 is 14.8 Å². The van der Waals surface area contributed by atoms with Crippen molar-refractivity contribution in [2.45, 2.75) is 27.1 Å². The fraction of sp³-hybridized carbons (Fsp3) is 0.182. The van der Waals surface area contributed by atoms with Gasteiger partial charge in [0.25, 0.3) is 5.91 Å². The number of furan rings is 1. The molecular formula is C22H18F2N2O4S. The first-order valence-corrected chi connectivity index (χ1v) is 10.1. The lowest BCUT2D eigenvalue weighted by Crippen LogP contribution is -2.10. The number of alkyl halides is 2. The maximum Gasteiger partial charge on any atom is 0.387 e. The van der Waals surface area contributed by atoms with Crippen LogP contribution in [0.25, 0.3) is 10.2 Å². The van der Waals surface area contributed by atoms with Gasteiger partial charge in [-0.3, -0.25) is 10.1 Å². The summed E-state index contributed by atoms with van der Waals surface area (Å²) in [5.74, 6) is 0.964. The van der Waals surface area contributed by atoms with Crippen molar-refractivity contribution >= 4 is 32.6 Å². The van der Waals surface area contributed by atoms with Crippen LogP contribution in [0.15, 0.2) is 52.9 Å². The quantitative estimate of drug-likeness (QED) is 0.382. The normalized spacial score (nSPS) is 11.1. The Balaban J connectivity index is 1.42. The predicted molar refractivity (Wildman–Crippen MR) is 113 cm³/mol. The van der Waals surface area contributed by atoms with E-state index in [9.17, 15) is 13.6 Å². The number of fused-ring (bicyclic) bond motifs is 1. The van der Waals surface area contributed by atoms with Crippen molar-refractivity contribution in [1.29, 1.82) is 0 Å². The summed E-state index contributed by atoms with van der Waals surface area (Å²) in [6.45, 7) is 1.21. The molecule has 0 unspecified atom stereocenters. The molecular weight excluding hydrogens is 426 g/mol. The number of aromatic nitrogens is 1. The fourth-order valence-corrected chi connectivity index (χ4v) is 3.93. The molecule has 0 aliphatic rings. The number of nitrogens with one attached hydrogen (secondary N) is 1. The lowest BCUT2D eigenvalue weighted by atomic mass is 10.1. The Bertz CT molecular complexity index is 1220. The van der Waals surface area contributed by atoms with Crippen molar-refractivity contribution in [2.75, 3.05) is 5.32 Å². The number of halogens is 2. The number of hydrogen-bond acceptors (Lipinski definition) is 6. The number of hydrogen-bond donors (Lipinski definition) is 1. The summed E-state index contributed by atoms with van der Waals surface area (Å²) < 4.78 is 41.2. The van der Waals surface area contributed by atoms with Crippen LogP contribution >= 0.6 is 11.3 Å². The molecule has 2 aromatic heterocycles. The van der Waals surface area contributed by atoms with Crippen LogP contribution in [0.4, 0.5) is 13.9 Å². The lowest BCUT2D eigenvalue weighted by molar-refractivity contribution is -0.0497. The van der Waals surface area contributed by atoms with Crippen molar-refractivity contribution in [3.05, 3.63) is 71.2 Å². The third-order valence-corrected chi connectivity index (χ3v) is 5.39. The number of ether oxygens (including phenoxy) is 2. The molecule has 0 radical (unpaired) electrons. The number of carbonyl (C=O) groups is 1. The maximum absolute atomic E-state index is 12.5.